The summed E-state index contributed by atoms with van der Waals surface area (Å²) in [6.45, 7) is 4.13. The molecule has 0 aromatic heterocycles. The van der Waals surface area contributed by atoms with Gasteiger partial charge in [0.1, 0.15) is 0 Å². The zero-order valence-corrected chi connectivity index (χ0v) is 7.66. The van der Waals surface area contributed by atoms with Gasteiger partial charge < -0.3 is 11.5 Å². The van der Waals surface area contributed by atoms with Gasteiger partial charge >= 0.3 is 0 Å². The number of hydrogen-bond acceptors (Lipinski definition) is 3. The quantitative estimate of drug-likeness (QED) is 0.629. The third kappa shape index (κ3) is 6.39. The van der Waals surface area contributed by atoms with E-state index in [1.165, 1.54) is 0 Å². The molecule has 2 unspecified atom stereocenters. The lowest BCUT2D eigenvalue weighted by Gasteiger charge is -2.08. The molecule has 0 amide bonds. The van der Waals surface area contributed by atoms with Gasteiger partial charge in [0, 0.05) is 23.6 Å². The molecular weight excluding hydrogens is 144 g/mol. The van der Waals surface area contributed by atoms with Crippen molar-refractivity contribution in [2.75, 3.05) is 11.5 Å². The molecule has 2 nitrogen and oxygen atoms in total. The van der Waals surface area contributed by atoms with Gasteiger partial charge in [0.05, 0.1) is 0 Å². The highest BCUT2D eigenvalue weighted by molar-refractivity contribution is 7.99. The molecule has 0 heterocycles. The standard InChI is InChI=1S/C7H18N2S/c1-3-7(9)5-10-4-6(2)8/h6-7H,3-5,8-9H2,1-2H3. The van der Waals surface area contributed by atoms with Gasteiger partial charge in [-0.05, 0) is 13.3 Å². The van der Waals surface area contributed by atoms with E-state index >= 15 is 0 Å². The van der Waals surface area contributed by atoms with E-state index in [1.54, 1.807) is 0 Å². The topological polar surface area (TPSA) is 52.0 Å². The van der Waals surface area contributed by atoms with Crippen LogP contribution in [-0.4, -0.2) is 23.6 Å². The van der Waals surface area contributed by atoms with Crippen molar-refractivity contribution in [1.29, 1.82) is 0 Å². The van der Waals surface area contributed by atoms with Gasteiger partial charge in [-0.2, -0.15) is 11.8 Å². The number of rotatable bonds is 5. The average molecular weight is 162 g/mol. The summed E-state index contributed by atoms with van der Waals surface area (Å²) < 4.78 is 0. The maximum Gasteiger partial charge on any atom is 0.0127 e. The van der Waals surface area contributed by atoms with Crippen molar-refractivity contribution in [1.82, 2.24) is 0 Å². The molecule has 0 aliphatic carbocycles. The maximum absolute atomic E-state index is 5.70. The van der Waals surface area contributed by atoms with E-state index in [9.17, 15) is 0 Å². The van der Waals surface area contributed by atoms with Crippen LogP contribution in [0.25, 0.3) is 0 Å². The van der Waals surface area contributed by atoms with Crippen LogP contribution in [0.15, 0.2) is 0 Å². The van der Waals surface area contributed by atoms with E-state index in [0.717, 1.165) is 17.9 Å². The Bertz CT molecular complexity index is 76.0. The first-order valence-corrected chi connectivity index (χ1v) is 4.91. The second kappa shape index (κ2) is 6.01. The summed E-state index contributed by atoms with van der Waals surface area (Å²) in [5.41, 5.74) is 11.3. The largest absolute Gasteiger partial charge is 0.327 e. The van der Waals surface area contributed by atoms with E-state index < -0.39 is 0 Å². The number of nitrogens with two attached hydrogens (primary N) is 2. The van der Waals surface area contributed by atoms with Crippen LogP contribution >= 0.6 is 11.8 Å². The van der Waals surface area contributed by atoms with Crippen molar-refractivity contribution in [3.8, 4) is 0 Å². The molecule has 62 valence electrons. The van der Waals surface area contributed by atoms with Crippen LogP contribution in [0.5, 0.6) is 0 Å². The fourth-order valence-corrected chi connectivity index (χ4v) is 1.57. The van der Waals surface area contributed by atoms with Crippen LogP contribution < -0.4 is 11.5 Å². The molecule has 0 aliphatic rings. The maximum atomic E-state index is 5.70. The van der Waals surface area contributed by atoms with Crippen LogP contribution in [0.2, 0.25) is 0 Å². The third-order valence-corrected chi connectivity index (χ3v) is 2.66. The molecule has 0 bridgehead atoms. The zero-order chi connectivity index (χ0) is 7.98. The Labute approximate surface area is 67.7 Å². The number of hydrogen-bond donors (Lipinski definition) is 2. The highest BCUT2D eigenvalue weighted by atomic mass is 32.2. The van der Waals surface area contributed by atoms with E-state index in [-0.39, 0.29) is 0 Å². The Kier molecular flexibility index (Phi) is 6.17. The van der Waals surface area contributed by atoms with Crippen LogP contribution in [0.4, 0.5) is 0 Å². The highest BCUT2D eigenvalue weighted by Gasteiger charge is 1.99. The predicted octanol–water partition coefficient (Wildman–Crippen LogP) is 0.804. The molecule has 0 radical (unpaired) electrons. The van der Waals surface area contributed by atoms with Crippen LogP contribution in [0, 0.1) is 0 Å². The van der Waals surface area contributed by atoms with Crippen molar-refractivity contribution in [2.24, 2.45) is 11.5 Å². The van der Waals surface area contributed by atoms with E-state index in [0.29, 0.717) is 12.1 Å². The van der Waals surface area contributed by atoms with Crippen molar-refractivity contribution in [3.63, 3.8) is 0 Å². The molecule has 0 aromatic carbocycles. The first kappa shape index (κ1) is 10.3. The molecule has 3 heteroatoms. The van der Waals surface area contributed by atoms with Gasteiger partial charge in [-0.15, -0.1) is 0 Å². The van der Waals surface area contributed by atoms with Crippen LogP contribution in [0.1, 0.15) is 20.3 Å². The monoisotopic (exact) mass is 162 g/mol. The molecular formula is C7H18N2S. The molecule has 2 atom stereocenters. The van der Waals surface area contributed by atoms with Crippen molar-refractivity contribution in [3.05, 3.63) is 0 Å². The fourth-order valence-electron chi connectivity index (χ4n) is 0.523. The molecule has 0 aromatic rings. The van der Waals surface area contributed by atoms with Gasteiger partial charge in [-0.1, -0.05) is 6.92 Å². The minimum atomic E-state index is 0.300. The van der Waals surface area contributed by atoms with Crippen molar-refractivity contribution >= 4 is 11.8 Å². The molecule has 0 aliphatic heterocycles. The normalized spacial score (nSPS) is 16.8. The smallest absolute Gasteiger partial charge is 0.0127 e. The van der Waals surface area contributed by atoms with E-state index in [2.05, 4.69) is 6.92 Å². The van der Waals surface area contributed by atoms with E-state index in [4.69, 9.17) is 11.5 Å². The summed E-state index contributed by atoms with van der Waals surface area (Å²) in [4.78, 5) is 0. The predicted molar refractivity (Wildman–Crippen MR) is 49.2 cm³/mol. The summed E-state index contributed by atoms with van der Waals surface area (Å²) in [7, 11) is 0. The average Bonchev–Trinajstić information content (AvgIpc) is 1.87. The first-order chi connectivity index (χ1) is 4.66. The second-order valence-electron chi connectivity index (χ2n) is 2.68. The molecule has 0 rings (SSSR count). The minimum Gasteiger partial charge on any atom is -0.327 e. The van der Waals surface area contributed by atoms with Crippen LogP contribution in [-0.2, 0) is 0 Å². The lowest BCUT2D eigenvalue weighted by Crippen LogP contribution is -2.24. The Morgan fingerprint density at radius 2 is 1.90 bits per heavy atom. The van der Waals surface area contributed by atoms with Crippen LogP contribution in [0.3, 0.4) is 0 Å². The van der Waals surface area contributed by atoms with Crippen molar-refractivity contribution < 1.29 is 0 Å². The second-order valence-corrected chi connectivity index (χ2v) is 3.76. The Morgan fingerprint density at radius 1 is 1.30 bits per heavy atom. The Hall–Kier alpha value is 0.270. The SMILES string of the molecule is CCC(N)CSCC(C)N. The van der Waals surface area contributed by atoms with Gasteiger partial charge in [-0.25, -0.2) is 0 Å². The van der Waals surface area contributed by atoms with Gasteiger partial charge in [0.15, 0.2) is 0 Å². The summed E-state index contributed by atoms with van der Waals surface area (Å²) in [5.74, 6) is 2.06. The lowest BCUT2D eigenvalue weighted by atomic mass is 10.3. The molecule has 0 fully saturated rings. The summed E-state index contributed by atoms with van der Waals surface area (Å²) >= 11 is 1.84. The molecule has 0 saturated carbocycles. The third-order valence-electron chi connectivity index (χ3n) is 1.24. The van der Waals surface area contributed by atoms with Gasteiger partial charge in [0.25, 0.3) is 0 Å². The minimum absolute atomic E-state index is 0.300. The molecule has 4 N–H and O–H groups in total. The first-order valence-electron chi connectivity index (χ1n) is 3.75. The fraction of sp³-hybridized carbons (Fsp3) is 1.00. The molecule has 10 heavy (non-hydrogen) atoms. The Balaban J connectivity index is 3.03. The van der Waals surface area contributed by atoms with E-state index in [1.807, 2.05) is 18.7 Å². The highest BCUT2D eigenvalue weighted by Crippen LogP contribution is 2.04. The van der Waals surface area contributed by atoms with Gasteiger partial charge in [0.2, 0.25) is 0 Å². The summed E-state index contributed by atoms with van der Waals surface area (Å²) in [6, 6.07) is 0.651. The zero-order valence-electron chi connectivity index (χ0n) is 6.84. The number of thioether (sulfide) groups is 1. The van der Waals surface area contributed by atoms with Gasteiger partial charge in [-0.3, -0.25) is 0 Å². The van der Waals surface area contributed by atoms with Crippen molar-refractivity contribution in [2.45, 2.75) is 32.4 Å². The summed E-state index contributed by atoms with van der Waals surface area (Å²) in [6.07, 6.45) is 1.06. The molecule has 0 saturated heterocycles. The Morgan fingerprint density at radius 3 is 2.30 bits per heavy atom. The molecule has 0 spiro atoms. The summed E-state index contributed by atoms with van der Waals surface area (Å²) in [5, 5.41) is 0. The lowest BCUT2D eigenvalue weighted by molar-refractivity contribution is 0.723.